The number of carbonyl (C=O) groups is 1. The van der Waals surface area contributed by atoms with E-state index in [-0.39, 0.29) is 17.4 Å². The maximum Gasteiger partial charge on any atom is 0.416 e. The van der Waals surface area contributed by atoms with Gasteiger partial charge in [-0.05, 0) is 35.4 Å². The molecule has 1 heterocycles. The molecule has 0 aliphatic carbocycles. The molecule has 2 aromatic carbocycles. The summed E-state index contributed by atoms with van der Waals surface area (Å²) in [6.45, 7) is 0. The van der Waals surface area contributed by atoms with Crippen LogP contribution in [-0.4, -0.2) is 25.0 Å². The molecule has 3 rings (SSSR count). The van der Waals surface area contributed by atoms with Crippen LogP contribution in [0.3, 0.4) is 0 Å². The maximum absolute atomic E-state index is 12.8. The van der Waals surface area contributed by atoms with Crippen molar-refractivity contribution in [2.75, 3.05) is 14.2 Å². The molecule has 1 aliphatic heterocycles. The molecule has 1 aliphatic rings. The number of carbonyl (C=O) groups excluding carboxylic acids is 1. The van der Waals surface area contributed by atoms with Crippen molar-refractivity contribution < 1.29 is 22.7 Å². The minimum atomic E-state index is -4.36. The molecule has 0 spiro atoms. The summed E-state index contributed by atoms with van der Waals surface area (Å²) in [5.74, 6) is 4.75. The van der Waals surface area contributed by atoms with Gasteiger partial charge in [0.15, 0.2) is 0 Å². The normalized spacial score (nSPS) is 17.8. The van der Waals surface area contributed by atoms with Gasteiger partial charge in [0.25, 0.3) is 5.91 Å². The van der Waals surface area contributed by atoms with Crippen molar-refractivity contribution in [3.8, 4) is 0 Å². The first-order valence-electron chi connectivity index (χ1n) is 8.65. The minimum Gasteiger partial charge on any atom is -0.371 e. The number of hydrogen-bond acceptors (Lipinski definition) is 5. The number of ether oxygens (including phenoxy) is 1. The van der Waals surface area contributed by atoms with E-state index in [9.17, 15) is 18.0 Å². The second-order valence-corrected chi connectivity index (χ2v) is 7.65. The summed E-state index contributed by atoms with van der Waals surface area (Å²) in [6.07, 6.45) is -2.80. The smallest absolute Gasteiger partial charge is 0.371 e. The Balaban J connectivity index is 1.77. The zero-order valence-corrected chi connectivity index (χ0v) is 16.6. The molecule has 2 atom stereocenters. The molecule has 0 aromatic heterocycles. The van der Waals surface area contributed by atoms with Crippen molar-refractivity contribution in [3.63, 3.8) is 0 Å². The number of hydrazine groups is 1. The number of nitrogen functional groups attached to an aromatic ring is 1. The lowest BCUT2D eigenvalue weighted by Crippen LogP contribution is -2.29. The Bertz CT molecular complexity index is 899. The third-order valence-electron chi connectivity index (χ3n) is 4.57. The topological polar surface area (TPSA) is 67.6 Å². The largest absolute Gasteiger partial charge is 0.416 e. The van der Waals surface area contributed by atoms with Gasteiger partial charge in [-0.25, -0.2) is 5.84 Å². The van der Waals surface area contributed by atoms with Crippen LogP contribution in [0.4, 0.5) is 13.2 Å². The minimum absolute atomic E-state index is 0.160. The molecule has 5 nitrogen and oxygen atoms in total. The first kappa shape index (κ1) is 21.2. The van der Waals surface area contributed by atoms with Gasteiger partial charge in [0, 0.05) is 30.8 Å². The summed E-state index contributed by atoms with van der Waals surface area (Å²) in [6, 6.07) is 12.1. The van der Waals surface area contributed by atoms with Crippen LogP contribution in [0.5, 0.6) is 0 Å². The Labute approximate surface area is 170 Å². The van der Waals surface area contributed by atoms with Crippen molar-refractivity contribution in [1.82, 2.24) is 10.3 Å². The summed E-state index contributed by atoms with van der Waals surface area (Å²) in [4.78, 5) is 14.4. The number of rotatable bonds is 5. The molecule has 2 unspecified atom stereocenters. The Morgan fingerprint density at radius 1 is 1.17 bits per heavy atom. The van der Waals surface area contributed by atoms with E-state index in [2.05, 4.69) is 5.43 Å². The molecule has 1 amide bonds. The monoisotopic (exact) mass is 423 g/mol. The van der Waals surface area contributed by atoms with Crippen molar-refractivity contribution in [3.05, 3.63) is 81.9 Å². The van der Waals surface area contributed by atoms with Gasteiger partial charge in [0.05, 0.1) is 5.56 Å². The highest BCUT2D eigenvalue weighted by Gasteiger charge is 2.32. The van der Waals surface area contributed by atoms with Crippen molar-refractivity contribution in [1.29, 1.82) is 0 Å². The van der Waals surface area contributed by atoms with Crippen LogP contribution in [0, 0.1) is 0 Å². The van der Waals surface area contributed by atoms with Gasteiger partial charge in [-0.15, -0.1) is 0 Å². The number of halogens is 3. The molecular weight excluding hydrogens is 403 g/mol. The lowest BCUT2D eigenvalue weighted by atomic mass is 10.1. The second-order valence-electron chi connectivity index (χ2n) is 6.50. The molecule has 0 bridgehead atoms. The number of amides is 1. The Hall–Kier alpha value is -2.49. The van der Waals surface area contributed by atoms with E-state index in [0.717, 1.165) is 28.2 Å². The molecule has 0 fully saturated rings. The van der Waals surface area contributed by atoms with Crippen LogP contribution in [-0.2, 0) is 10.9 Å². The zero-order chi connectivity index (χ0) is 21.2. The second kappa shape index (κ2) is 8.48. The summed E-state index contributed by atoms with van der Waals surface area (Å²) in [7, 11) is 3.45. The molecule has 0 radical (unpaired) electrons. The lowest BCUT2D eigenvalue weighted by Gasteiger charge is -2.21. The number of thioether (sulfide) groups is 1. The number of nitrogens with one attached hydrogen (secondary N) is 1. The van der Waals surface area contributed by atoms with Gasteiger partial charge < -0.3 is 9.64 Å². The number of nitrogens with two attached hydrogens (primary N) is 1. The number of alkyl halides is 3. The predicted octanol–water partition coefficient (Wildman–Crippen LogP) is 4.22. The average Bonchev–Trinajstić information content (AvgIpc) is 3.09. The molecular formula is C20H20F3N3O2S. The van der Waals surface area contributed by atoms with Crippen molar-refractivity contribution in [2.24, 2.45) is 5.84 Å². The van der Waals surface area contributed by atoms with Crippen LogP contribution in [0.25, 0.3) is 0 Å². The summed E-state index contributed by atoms with van der Waals surface area (Å²) in [5, 5.41) is -0.160. The third-order valence-corrected chi connectivity index (χ3v) is 5.99. The van der Waals surface area contributed by atoms with Gasteiger partial charge >= 0.3 is 6.18 Å². The SMILES string of the molecule is COC(C1=CN(C)C(c2ccc(C(F)(F)F)cc2)S1)c1ccc(C(=O)NN)cc1. The van der Waals surface area contributed by atoms with Gasteiger partial charge in [0.1, 0.15) is 11.5 Å². The van der Waals surface area contributed by atoms with E-state index in [0.29, 0.717) is 5.56 Å². The van der Waals surface area contributed by atoms with Crippen LogP contribution >= 0.6 is 11.8 Å². The van der Waals surface area contributed by atoms with Crippen molar-refractivity contribution >= 4 is 17.7 Å². The maximum atomic E-state index is 12.8. The Morgan fingerprint density at radius 3 is 2.31 bits per heavy atom. The molecule has 0 saturated heterocycles. The van der Waals surface area contributed by atoms with Gasteiger partial charge in [-0.1, -0.05) is 36.0 Å². The van der Waals surface area contributed by atoms with E-state index in [4.69, 9.17) is 10.6 Å². The number of benzene rings is 2. The van der Waals surface area contributed by atoms with E-state index in [1.54, 1.807) is 31.4 Å². The van der Waals surface area contributed by atoms with E-state index >= 15 is 0 Å². The van der Waals surface area contributed by atoms with E-state index in [1.807, 2.05) is 18.1 Å². The Kier molecular flexibility index (Phi) is 6.21. The number of nitrogens with zero attached hydrogens (tertiary/aromatic N) is 1. The standard InChI is InChI=1S/C20H20F3N3O2S/c1-26-11-16(17(28-2)12-3-5-13(6-4-12)18(27)25-24)29-19(26)14-7-9-15(10-8-14)20(21,22)23/h3-11,17,19H,24H2,1-2H3,(H,25,27). The molecule has 29 heavy (non-hydrogen) atoms. The predicted molar refractivity (Wildman–Crippen MR) is 105 cm³/mol. The van der Waals surface area contributed by atoms with Crippen LogP contribution in [0.2, 0.25) is 0 Å². The van der Waals surface area contributed by atoms with Crippen LogP contribution < -0.4 is 11.3 Å². The highest BCUT2D eigenvalue weighted by Crippen LogP contribution is 2.48. The molecule has 154 valence electrons. The third kappa shape index (κ3) is 4.58. The molecule has 3 N–H and O–H groups in total. The van der Waals surface area contributed by atoms with E-state index < -0.39 is 11.7 Å². The zero-order valence-electron chi connectivity index (χ0n) is 15.7. The highest BCUT2D eigenvalue weighted by molar-refractivity contribution is 8.03. The lowest BCUT2D eigenvalue weighted by molar-refractivity contribution is -0.137. The van der Waals surface area contributed by atoms with Crippen LogP contribution in [0.15, 0.2) is 59.6 Å². The molecule has 0 saturated carbocycles. The number of methoxy groups -OCH3 is 1. The summed E-state index contributed by atoms with van der Waals surface area (Å²) < 4.78 is 44.1. The first-order valence-corrected chi connectivity index (χ1v) is 9.53. The fourth-order valence-electron chi connectivity index (χ4n) is 3.09. The van der Waals surface area contributed by atoms with Crippen LogP contribution in [0.1, 0.15) is 38.5 Å². The number of hydrogen-bond donors (Lipinski definition) is 2. The van der Waals surface area contributed by atoms with E-state index in [1.165, 1.54) is 23.9 Å². The Morgan fingerprint density at radius 2 is 1.79 bits per heavy atom. The molecule has 2 aromatic rings. The highest BCUT2D eigenvalue weighted by atomic mass is 32.2. The molecule has 9 heteroatoms. The first-order chi connectivity index (χ1) is 13.7. The van der Waals surface area contributed by atoms with Gasteiger partial charge in [-0.3, -0.25) is 10.2 Å². The summed E-state index contributed by atoms with van der Waals surface area (Å²) >= 11 is 1.51. The fraction of sp³-hybridized carbons (Fsp3) is 0.250. The van der Waals surface area contributed by atoms with Gasteiger partial charge in [-0.2, -0.15) is 13.2 Å². The fourth-order valence-corrected chi connectivity index (χ4v) is 4.45. The summed E-state index contributed by atoms with van der Waals surface area (Å²) in [5.41, 5.74) is 3.45. The van der Waals surface area contributed by atoms with Crippen molar-refractivity contribution in [2.45, 2.75) is 17.7 Å². The van der Waals surface area contributed by atoms with Gasteiger partial charge in [0.2, 0.25) is 0 Å². The quantitative estimate of drug-likeness (QED) is 0.428. The average molecular weight is 423 g/mol.